The highest BCUT2D eigenvalue weighted by atomic mass is 16.2. The maximum Gasteiger partial charge on any atom is 0.236 e. The third-order valence-electron chi connectivity index (χ3n) is 2.74. The Kier molecular flexibility index (Phi) is 4.90. The minimum absolute atomic E-state index is 0.179. The average molecular weight is 199 g/mol. The van der Waals surface area contributed by atoms with E-state index >= 15 is 0 Å². The molecule has 0 bridgehead atoms. The molecule has 4 nitrogen and oxygen atoms in total. The number of carbonyl (C=O) groups excluding carboxylic acids is 1. The van der Waals surface area contributed by atoms with E-state index in [1.165, 1.54) is 12.8 Å². The van der Waals surface area contributed by atoms with E-state index < -0.39 is 0 Å². The number of amides is 1. The molecule has 0 spiro atoms. The smallest absolute Gasteiger partial charge is 0.236 e. The molecule has 1 unspecified atom stereocenters. The second-order valence-corrected chi connectivity index (χ2v) is 3.83. The lowest BCUT2D eigenvalue weighted by Gasteiger charge is -2.24. The van der Waals surface area contributed by atoms with Crippen LogP contribution in [0.4, 0.5) is 0 Å². The van der Waals surface area contributed by atoms with Gasteiger partial charge in [0.25, 0.3) is 0 Å². The summed E-state index contributed by atoms with van der Waals surface area (Å²) in [5.74, 6) is 0.179. The first kappa shape index (κ1) is 11.5. The number of rotatable bonds is 4. The lowest BCUT2D eigenvalue weighted by atomic mass is 10.1. The van der Waals surface area contributed by atoms with E-state index in [1.807, 2.05) is 14.0 Å². The normalized spacial score (nSPS) is 22.0. The Labute approximate surface area is 86.0 Å². The average Bonchev–Trinajstić information content (AvgIpc) is 2.26. The van der Waals surface area contributed by atoms with Crippen molar-refractivity contribution in [2.75, 3.05) is 33.2 Å². The summed E-state index contributed by atoms with van der Waals surface area (Å²) in [6.07, 6.45) is 2.38. The Morgan fingerprint density at radius 3 is 3.00 bits per heavy atom. The second-order valence-electron chi connectivity index (χ2n) is 3.83. The van der Waals surface area contributed by atoms with E-state index in [0.717, 1.165) is 19.6 Å². The van der Waals surface area contributed by atoms with Crippen LogP contribution in [0.2, 0.25) is 0 Å². The van der Waals surface area contributed by atoms with Gasteiger partial charge in [-0.2, -0.15) is 0 Å². The first-order chi connectivity index (χ1) is 6.74. The molecule has 1 aliphatic rings. The fourth-order valence-corrected chi connectivity index (χ4v) is 1.57. The predicted octanol–water partition coefficient (Wildman–Crippen LogP) is -0.194. The van der Waals surface area contributed by atoms with Gasteiger partial charge < -0.3 is 15.5 Å². The molecule has 0 aromatic carbocycles. The third-order valence-corrected chi connectivity index (χ3v) is 2.74. The molecule has 1 fully saturated rings. The number of likely N-dealkylation sites (N-methyl/N-ethyl adjacent to an activating group) is 1. The molecule has 1 rings (SSSR count). The van der Waals surface area contributed by atoms with Gasteiger partial charge in [0, 0.05) is 26.2 Å². The molecule has 0 aromatic rings. The van der Waals surface area contributed by atoms with Crippen LogP contribution in [0.15, 0.2) is 0 Å². The molecule has 0 aliphatic carbocycles. The minimum atomic E-state index is 0.179. The summed E-state index contributed by atoms with van der Waals surface area (Å²) in [5, 5.41) is 6.60. The zero-order valence-electron chi connectivity index (χ0n) is 9.18. The van der Waals surface area contributed by atoms with E-state index in [4.69, 9.17) is 0 Å². The van der Waals surface area contributed by atoms with Crippen LogP contribution in [0.5, 0.6) is 0 Å². The van der Waals surface area contributed by atoms with Crippen LogP contribution in [0.3, 0.4) is 0 Å². The zero-order valence-corrected chi connectivity index (χ0v) is 9.18. The molecular weight excluding hydrogens is 178 g/mol. The van der Waals surface area contributed by atoms with Gasteiger partial charge in [-0.05, 0) is 26.3 Å². The first-order valence-corrected chi connectivity index (χ1v) is 5.42. The van der Waals surface area contributed by atoms with Crippen LogP contribution in [-0.2, 0) is 4.79 Å². The zero-order chi connectivity index (χ0) is 10.4. The number of hydrogen-bond acceptors (Lipinski definition) is 3. The number of nitrogens with one attached hydrogen (secondary N) is 2. The summed E-state index contributed by atoms with van der Waals surface area (Å²) >= 11 is 0. The number of piperidine rings is 1. The fraction of sp³-hybridized carbons (Fsp3) is 0.900. The van der Waals surface area contributed by atoms with E-state index in [9.17, 15) is 4.79 Å². The van der Waals surface area contributed by atoms with Gasteiger partial charge in [-0.25, -0.2) is 0 Å². The summed E-state index contributed by atoms with van der Waals surface area (Å²) in [7, 11) is 1.84. The highest BCUT2D eigenvalue weighted by Crippen LogP contribution is 2.00. The first-order valence-electron chi connectivity index (χ1n) is 5.42. The third kappa shape index (κ3) is 3.64. The van der Waals surface area contributed by atoms with Gasteiger partial charge >= 0.3 is 0 Å². The molecule has 1 atom stereocenters. The Bertz CT molecular complexity index is 178. The summed E-state index contributed by atoms with van der Waals surface area (Å²) in [6, 6.07) is 0.470. The molecule has 14 heavy (non-hydrogen) atoms. The van der Waals surface area contributed by atoms with Crippen LogP contribution >= 0.6 is 0 Å². The van der Waals surface area contributed by atoms with Crippen LogP contribution < -0.4 is 10.6 Å². The van der Waals surface area contributed by atoms with Gasteiger partial charge in [-0.3, -0.25) is 4.79 Å². The molecule has 82 valence electrons. The number of hydrogen-bond donors (Lipinski definition) is 2. The van der Waals surface area contributed by atoms with E-state index in [2.05, 4.69) is 10.6 Å². The number of carbonyl (C=O) groups is 1. The predicted molar refractivity (Wildman–Crippen MR) is 57.2 cm³/mol. The topological polar surface area (TPSA) is 44.4 Å². The SMILES string of the molecule is CCN(C)C(=O)CNC1CCCNC1. The lowest BCUT2D eigenvalue weighted by Crippen LogP contribution is -2.46. The summed E-state index contributed by atoms with van der Waals surface area (Å²) in [6.45, 7) is 5.34. The molecule has 1 aliphatic heterocycles. The van der Waals surface area contributed by atoms with Crippen molar-refractivity contribution in [1.29, 1.82) is 0 Å². The maximum atomic E-state index is 11.5. The number of nitrogens with zero attached hydrogens (tertiary/aromatic N) is 1. The summed E-state index contributed by atoms with van der Waals surface area (Å²) in [4.78, 5) is 13.2. The minimum Gasteiger partial charge on any atom is -0.345 e. The van der Waals surface area contributed by atoms with Gasteiger partial charge in [0.05, 0.1) is 6.54 Å². The Morgan fingerprint density at radius 2 is 2.43 bits per heavy atom. The molecule has 1 amide bonds. The molecule has 0 aromatic heterocycles. The fourth-order valence-electron chi connectivity index (χ4n) is 1.57. The Hall–Kier alpha value is -0.610. The molecular formula is C10H21N3O. The van der Waals surface area contributed by atoms with Crippen molar-refractivity contribution in [3.63, 3.8) is 0 Å². The van der Waals surface area contributed by atoms with Gasteiger partial charge in [0.1, 0.15) is 0 Å². The second kappa shape index (κ2) is 5.98. The Morgan fingerprint density at radius 1 is 1.64 bits per heavy atom. The molecule has 0 radical (unpaired) electrons. The quantitative estimate of drug-likeness (QED) is 0.659. The van der Waals surface area contributed by atoms with Crippen LogP contribution in [0, 0.1) is 0 Å². The van der Waals surface area contributed by atoms with Crippen LogP contribution in [0.1, 0.15) is 19.8 Å². The highest BCUT2D eigenvalue weighted by molar-refractivity contribution is 5.77. The van der Waals surface area contributed by atoms with Crippen molar-refractivity contribution in [2.24, 2.45) is 0 Å². The van der Waals surface area contributed by atoms with Gasteiger partial charge in [-0.1, -0.05) is 0 Å². The molecule has 1 heterocycles. The van der Waals surface area contributed by atoms with E-state index in [1.54, 1.807) is 4.90 Å². The summed E-state index contributed by atoms with van der Waals surface area (Å²) in [5.41, 5.74) is 0. The molecule has 4 heteroatoms. The van der Waals surface area contributed by atoms with Crippen molar-refractivity contribution < 1.29 is 4.79 Å². The molecule has 2 N–H and O–H groups in total. The van der Waals surface area contributed by atoms with E-state index in [-0.39, 0.29) is 5.91 Å². The highest BCUT2D eigenvalue weighted by Gasteiger charge is 2.14. The lowest BCUT2D eigenvalue weighted by molar-refractivity contribution is -0.128. The van der Waals surface area contributed by atoms with E-state index in [0.29, 0.717) is 12.6 Å². The standard InChI is InChI=1S/C10H21N3O/c1-3-13(2)10(14)8-12-9-5-4-6-11-7-9/h9,11-12H,3-8H2,1-2H3. The van der Waals surface area contributed by atoms with Gasteiger partial charge in [0.15, 0.2) is 0 Å². The largest absolute Gasteiger partial charge is 0.345 e. The van der Waals surface area contributed by atoms with Crippen LogP contribution in [-0.4, -0.2) is 50.1 Å². The van der Waals surface area contributed by atoms with Gasteiger partial charge in [0.2, 0.25) is 5.91 Å². The van der Waals surface area contributed by atoms with Gasteiger partial charge in [-0.15, -0.1) is 0 Å². The summed E-state index contributed by atoms with van der Waals surface area (Å²) < 4.78 is 0. The van der Waals surface area contributed by atoms with Crippen molar-refractivity contribution in [3.05, 3.63) is 0 Å². The molecule has 0 saturated carbocycles. The van der Waals surface area contributed by atoms with Crippen molar-refractivity contribution in [3.8, 4) is 0 Å². The van der Waals surface area contributed by atoms with Crippen molar-refractivity contribution in [2.45, 2.75) is 25.8 Å². The Balaban J connectivity index is 2.15. The van der Waals surface area contributed by atoms with Crippen molar-refractivity contribution in [1.82, 2.24) is 15.5 Å². The monoisotopic (exact) mass is 199 g/mol. The maximum absolute atomic E-state index is 11.5. The van der Waals surface area contributed by atoms with Crippen molar-refractivity contribution >= 4 is 5.91 Å². The molecule has 1 saturated heterocycles. The van der Waals surface area contributed by atoms with Crippen LogP contribution in [0.25, 0.3) is 0 Å².